The molecule has 0 radical (unpaired) electrons. The highest BCUT2D eigenvalue weighted by Crippen LogP contribution is 2.22. The molecule has 22 heavy (non-hydrogen) atoms. The first-order valence-electron chi connectivity index (χ1n) is 6.97. The molecule has 112 valence electrons. The lowest BCUT2D eigenvalue weighted by molar-refractivity contribution is 0.101. The monoisotopic (exact) mass is 294 g/mol. The molecule has 0 atom stereocenters. The Balaban J connectivity index is 2.22. The molecule has 0 aliphatic rings. The van der Waals surface area contributed by atoms with Gasteiger partial charge in [-0.2, -0.15) is 5.26 Å². The highest BCUT2D eigenvalue weighted by atomic mass is 16.5. The topological polar surface area (TPSA) is 62.1 Å². The zero-order valence-electron chi connectivity index (χ0n) is 12.9. The molecule has 0 aromatic heterocycles. The second-order valence-electron chi connectivity index (χ2n) is 5.09. The van der Waals surface area contributed by atoms with Crippen molar-refractivity contribution in [3.63, 3.8) is 0 Å². The summed E-state index contributed by atoms with van der Waals surface area (Å²) in [5, 5.41) is 12.2. The third-order valence-electron chi connectivity index (χ3n) is 3.47. The lowest BCUT2D eigenvalue weighted by atomic mass is 10.1. The van der Waals surface area contributed by atoms with Gasteiger partial charge in [-0.3, -0.25) is 4.79 Å². The van der Waals surface area contributed by atoms with Gasteiger partial charge < -0.3 is 10.1 Å². The minimum atomic E-state index is -0.0297. The maximum atomic E-state index is 11.7. The predicted octanol–water partition coefficient (Wildman–Crippen LogP) is 3.69. The number of methoxy groups -OCH3 is 1. The average molecular weight is 294 g/mol. The number of ketones is 1. The van der Waals surface area contributed by atoms with Crippen molar-refractivity contribution in [1.82, 2.24) is 0 Å². The van der Waals surface area contributed by atoms with Crippen LogP contribution in [0.5, 0.6) is 5.75 Å². The van der Waals surface area contributed by atoms with Crippen molar-refractivity contribution in [1.29, 1.82) is 5.26 Å². The molecule has 0 fully saturated rings. The third-order valence-corrected chi connectivity index (χ3v) is 3.47. The van der Waals surface area contributed by atoms with E-state index in [9.17, 15) is 4.79 Å². The number of rotatable bonds is 5. The van der Waals surface area contributed by atoms with Crippen molar-refractivity contribution < 1.29 is 9.53 Å². The smallest absolute Gasteiger partial charge is 0.161 e. The van der Waals surface area contributed by atoms with E-state index in [-0.39, 0.29) is 5.78 Å². The number of benzene rings is 2. The number of nitrogens with one attached hydrogen (secondary N) is 1. The quantitative estimate of drug-likeness (QED) is 0.854. The SMILES string of the molecule is COc1ccc(CNc2cc(C#N)ccc2C(C)=O)cc1C. The van der Waals surface area contributed by atoms with Crippen LogP contribution in [0.3, 0.4) is 0 Å². The third kappa shape index (κ3) is 3.44. The molecule has 4 nitrogen and oxygen atoms in total. The van der Waals surface area contributed by atoms with Gasteiger partial charge in [-0.25, -0.2) is 0 Å². The van der Waals surface area contributed by atoms with Crippen molar-refractivity contribution in [2.75, 3.05) is 12.4 Å². The van der Waals surface area contributed by atoms with E-state index >= 15 is 0 Å². The summed E-state index contributed by atoms with van der Waals surface area (Å²) in [5.41, 5.74) is 3.93. The molecule has 0 saturated heterocycles. The van der Waals surface area contributed by atoms with Gasteiger partial charge in [0.05, 0.1) is 18.7 Å². The van der Waals surface area contributed by atoms with Gasteiger partial charge in [-0.15, -0.1) is 0 Å². The number of carbonyl (C=O) groups excluding carboxylic acids is 1. The van der Waals surface area contributed by atoms with E-state index in [0.29, 0.717) is 23.4 Å². The minimum absolute atomic E-state index is 0.0297. The van der Waals surface area contributed by atoms with Crippen LogP contribution < -0.4 is 10.1 Å². The molecule has 0 bridgehead atoms. The van der Waals surface area contributed by atoms with Crippen LogP contribution in [-0.4, -0.2) is 12.9 Å². The Morgan fingerprint density at radius 2 is 2.05 bits per heavy atom. The van der Waals surface area contributed by atoms with E-state index in [0.717, 1.165) is 16.9 Å². The predicted molar refractivity (Wildman–Crippen MR) is 86.2 cm³/mol. The molecule has 2 aromatic rings. The molecule has 2 rings (SSSR count). The summed E-state index contributed by atoms with van der Waals surface area (Å²) in [4.78, 5) is 11.7. The average Bonchev–Trinajstić information content (AvgIpc) is 2.52. The van der Waals surface area contributed by atoms with Crippen molar-refractivity contribution in [2.45, 2.75) is 20.4 Å². The molecule has 4 heteroatoms. The highest BCUT2D eigenvalue weighted by molar-refractivity contribution is 5.99. The maximum Gasteiger partial charge on any atom is 0.161 e. The maximum absolute atomic E-state index is 11.7. The fourth-order valence-electron chi connectivity index (χ4n) is 2.31. The number of hydrogen-bond donors (Lipinski definition) is 1. The van der Waals surface area contributed by atoms with Gasteiger partial charge in [0.1, 0.15) is 5.75 Å². The number of nitriles is 1. The van der Waals surface area contributed by atoms with Crippen molar-refractivity contribution >= 4 is 11.5 Å². The molecular weight excluding hydrogens is 276 g/mol. The zero-order chi connectivity index (χ0) is 16.1. The Kier molecular flexibility index (Phi) is 4.80. The van der Waals surface area contributed by atoms with Gasteiger partial charge >= 0.3 is 0 Å². The summed E-state index contributed by atoms with van der Waals surface area (Å²) < 4.78 is 5.24. The number of Topliss-reactive ketones (excluding diaryl/α,β-unsaturated/α-hetero) is 1. The lowest BCUT2D eigenvalue weighted by Crippen LogP contribution is -2.05. The van der Waals surface area contributed by atoms with E-state index < -0.39 is 0 Å². The van der Waals surface area contributed by atoms with Crippen LogP contribution in [0.4, 0.5) is 5.69 Å². The van der Waals surface area contributed by atoms with Gasteiger partial charge in [0, 0.05) is 17.8 Å². The van der Waals surface area contributed by atoms with E-state index in [2.05, 4.69) is 11.4 Å². The summed E-state index contributed by atoms with van der Waals surface area (Å²) in [6.45, 7) is 4.07. The summed E-state index contributed by atoms with van der Waals surface area (Å²) >= 11 is 0. The van der Waals surface area contributed by atoms with E-state index in [1.54, 1.807) is 25.3 Å². The molecule has 0 heterocycles. The Morgan fingerprint density at radius 3 is 2.64 bits per heavy atom. The van der Waals surface area contributed by atoms with Gasteiger partial charge in [-0.1, -0.05) is 12.1 Å². The van der Waals surface area contributed by atoms with Crippen molar-refractivity contribution in [2.24, 2.45) is 0 Å². The lowest BCUT2D eigenvalue weighted by Gasteiger charge is -2.12. The fraction of sp³-hybridized carbons (Fsp3) is 0.222. The van der Waals surface area contributed by atoms with Gasteiger partial charge in [0.2, 0.25) is 0 Å². The van der Waals surface area contributed by atoms with Crippen LogP contribution in [0, 0.1) is 18.3 Å². The fourth-order valence-corrected chi connectivity index (χ4v) is 2.31. The second-order valence-corrected chi connectivity index (χ2v) is 5.09. The molecule has 0 saturated carbocycles. The summed E-state index contributed by atoms with van der Waals surface area (Å²) in [6.07, 6.45) is 0. The molecule has 2 aromatic carbocycles. The van der Waals surface area contributed by atoms with Crippen LogP contribution in [-0.2, 0) is 6.54 Å². The minimum Gasteiger partial charge on any atom is -0.496 e. The van der Waals surface area contributed by atoms with E-state index in [1.807, 2.05) is 25.1 Å². The van der Waals surface area contributed by atoms with Crippen LogP contribution in [0.2, 0.25) is 0 Å². The van der Waals surface area contributed by atoms with Crippen LogP contribution in [0.25, 0.3) is 0 Å². The van der Waals surface area contributed by atoms with E-state index in [1.165, 1.54) is 6.92 Å². The van der Waals surface area contributed by atoms with Crippen LogP contribution >= 0.6 is 0 Å². The highest BCUT2D eigenvalue weighted by Gasteiger charge is 2.08. The number of aryl methyl sites for hydroxylation is 1. The molecule has 0 spiro atoms. The van der Waals surface area contributed by atoms with Crippen LogP contribution in [0.1, 0.15) is 34.0 Å². The standard InChI is InChI=1S/C18H18N2O2/c1-12-8-15(5-7-18(12)22-3)11-20-17-9-14(10-19)4-6-16(17)13(2)21/h4-9,20H,11H2,1-3H3. The normalized spacial score (nSPS) is 9.91. The summed E-state index contributed by atoms with van der Waals surface area (Å²) in [5.74, 6) is 0.817. The van der Waals surface area contributed by atoms with Crippen molar-refractivity contribution in [3.05, 3.63) is 58.7 Å². The molecule has 0 amide bonds. The Morgan fingerprint density at radius 1 is 1.27 bits per heavy atom. The molecule has 0 aliphatic carbocycles. The first-order chi connectivity index (χ1) is 10.5. The summed E-state index contributed by atoms with van der Waals surface area (Å²) in [7, 11) is 1.65. The largest absolute Gasteiger partial charge is 0.496 e. The summed E-state index contributed by atoms with van der Waals surface area (Å²) in [6, 6.07) is 13.1. The number of hydrogen-bond acceptors (Lipinski definition) is 4. The number of ether oxygens (including phenoxy) is 1. The van der Waals surface area contributed by atoms with Gasteiger partial charge in [-0.05, 0) is 49.2 Å². The van der Waals surface area contributed by atoms with Gasteiger partial charge in [0.25, 0.3) is 0 Å². The Hall–Kier alpha value is -2.80. The van der Waals surface area contributed by atoms with E-state index in [4.69, 9.17) is 10.00 Å². The Labute approximate surface area is 130 Å². The number of nitrogens with zero attached hydrogens (tertiary/aromatic N) is 1. The first-order valence-corrected chi connectivity index (χ1v) is 6.97. The Bertz CT molecular complexity index is 745. The molecular formula is C18H18N2O2. The number of anilines is 1. The molecule has 1 N–H and O–H groups in total. The first kappa shape index (κ1) is 15.6. The molecule has 0 unspecified atom stereocenters. The second kappa shape index (κ2) is 6.77. The van der Waals surface area contributed by atoms with Crippen LogP contribution in [0.15, 0.2) is 36.4 Å². The number of carbonyl (C=O) groups is 1. The molecule has 0 aliphatic heterocycles. The zero-order valence-corrected chi connectivity index (χ0v) is 12.9. The van der Waals surface area contributed by atoms with Crippen molar-refractivity contribution in [3.8, 4) is 11.8 Å². The van der Waals surface area contributed by atoms with Gasteiger partial charge in [0.15, 0.2) is 5.78 Å².